The van der Waals surface area contributed by atoms with Crippen LogP contribution in [0.3, 0.4) is 0 Å². The molecule has 0 saturated carbocycles. The van der Waals surface area contributed by atoms with Gasteiger partial charge in [-0.3, -0.25) is 14.4 Å². The topological polar surface area (TPSA) is 78.9 Å². The average molecular weight is 1090 g/mol. The number of unbranched alkanes of at least 4 members (excludes halogenated alkanes) is 16. The summed E-state index contributed by atoms with van der Waals surface area (Å²) in [4.78, 5) is 38.2. The standard InChI is InChI=1S/C73H114O6/c1-4-7-10-13-16-19-22-25-27-28-29-30-31-32-33-34-35-36-37-38-39-40-41-42-43-44-46-48-51-54-57-60-63-66-72(75)78-69-70(68-77-71(74)65-62-59-56-53-50-47-24-21-18-15-12-9-6-3)79-73(76)67-64-61-58-55-52-49-45-26-23-20-17-14-11-8-5-2/h7-8,10-11,16-17,19-20,25-27,29-30,32-33,35-36,38-39,41-42,44-46,51-52,54-55,70H,4-6,9,12-15,18,21-24,28,31,34,37,40,43,47-50,53,56-69H2,1-3H3/b10-7-,11-8-,19-16-,20-17-,27-25-,30-29-,33-32-,36-35-,39-38-,42-41-,45-26-,46-44-,54-51-,55-52-. The van der Waals surface area contributed by atoms with E-state index in [1.165, 1.54) is 64.2 Å². The molecule has 0 heterocycles. The van der Waals surface area contributed by atoms with Crippen LogP contribution >= 0.6 is 0 Å². The minimum atomic E-state index is -0.825. The smallest absolute Gasteiger partial charge is 0.306 e. The van der Waals surface area contributed by atoms with Gasteiger partial charge in [0.1, 0.15) is 13.2 Å². The fraction of sp³-hybridized carbons (Fsp3) is 0.575. The predicted molar refractivity (Wildman–Crippen MR) is 343 cm³/mol. The van der Waals surface area contributed by atoms with Gasteiger partial charge in [-0.15, -0.1) is 0 Å². The SMILES string of the molecule is CC/C=C\C/C=C\C/C=C\C/C=C\C/C=C\C/C=C\C/C=C\C/C=C\C/C=C\C/C=C\CCCCC(=O)OCC(COC(=O)CCCCCCCCCCCCCCC)OC(=O)CCCC/C=C\C/C=C\C/C=C\C/C=C\CC. The molecule has 0 aliphatic carbocycles. The molecular formula is C73H114O6. The molecule has 6 nitrogen and oxygen atoms in total. The molecule has 0 aromatic carbocycles. The van der Waals surface area contributed by atoms with E-state index in [-0.39, 0.29) is 44.0 Å². The van der Waals surface area contributed by atoms with E-state index >= 15 is 0 Å². The zero-order valence-corrected chi connectivity index (χ0v) is 50.6. The van der Waals surface area contributed by atoms with Gasteiger partial charge in [-0.25, -0.2) is 0 Å². The van der Waals surface area contributed by atoms with Crippen LogP contribution in [0.5, 0.6) is 0 Å². The molecule has 0 aromatic heterocycles. The Bertz CT molecular complexity index is 1820. The van der Waals surface area contributed by atoms with Crippen LogP contribution < -0.4 is 0 Å². The molecule has 442 valence electrons. The van der Waals surface area contributed by atoms with Crippen molar-refractivity contribution in [2.75, 3.05) is 13.2 Å². The normalized spacial score (nSPS) is 13.3. The molecule has 1 unspecified atom stereocenters. The summed E-state index contributed by atoms with van der Waals surface area (Å²) in [5.74, 6) is -1.01. The molecule has 0 spiro atoms. The van der Waals surface area contributed by atoms with E-state index in [0.29, 0.717) is 19.3 Å². The number of allylic oxidation sites excluding steroid dienone is 28. The lowest BCUT2D eigenvalue weighted by atomic mass is 10.0. The summed E-state index contributed by atoms with van der Waals surface area (Å²) in [7, 11) is 0. The molecule has 79 heavy (non-hydrogen) atoms. The average Bonchev–Trinajstić information content (AvgIpc) is 3.45. The van der Waals surface area contributed by atoms with Crippen molar-refractivity contribution >= 4 is 17.9 Å². The first kappa shape index (κ1) is 73.8. The fourth-order valence-corrected chi connectivity index (χ4v) is 8.05. The Morgan fingerprint density at radius 1 is 0.266 bits per heavy atom. The van der Waals surface area contributed by atoms with Crippen molar-refractivity contribution in [3.05, 3.63) is 170 Å². The zero-order valence-electron chi connectivity index (χ0n) is 50.6. The molecule has 0 radical (unpaired) electrons. The van der Waals surface area contributed by atoms with Gasteiger partial charge >= 0.3 is 17.9 Å². The molecule has 0 saturated heterocycles. The van der Waals surface area contributed by atoms with Crippen molar-refractivity contribution < 1.29 is 28.6 Å². The highest BCUT2D eigenvalue weighted by Gasteiger charge is 2.19. The van der Waals surface area contributed by atoms with Gasteiger partial charge in [0, 0.05) is 19.3 Å². The van der Waals surface area contributed by atoms with Crippen molar-refractivity contribution in [3.63, 3.8) is 0 Å². The van der Waals surface area contributed by atoms with Crippen LogP contribution in [0.4, 0.5) is 0 Å². The highest BCUT2D eigenvalue weighted by Crippen LogP contribution is 2.14. The largest absolute Gasteiger partial charge is 0.462 e. The summed E-state index contributed by atoms with van der Waals surface area (Å²) < 4.78 is 16.8. The Morgan fingerprint density at radius 2 is 0.494 bits per heavy atom. The number of ether oxygens (including phenoxy) is 3. The quantitative estimate of drug-likeness (QED) is 0.0261. The van der Waals surface area contributed by atoms with Crippen LogP contribution in [0, 0.1) is 0 Å². The van der Waals surface area contributed by atoms with E-state index in [4.69, 9.17) is 14.2 Å². The maximum atomic E-state index is 12.8. The van der Waals surface area contributed by atoms with E-state index in [0.717, 1.165) is 135 Å². The van der Waals surface area contributed by atoms with Gasteiger partial charge in [-0.1, -0.05) is 268 Å². The third-order valence-corrected chi connectivity index (χ3v) is 12.7. The molecular weight excluding hydrogens is 973 g/mol. The van der Waals surface area contributed by atoms with Crippen molar-refractivity contribution in [1.29, 1.82) is 0 Å². The van der Waals surface area contributed by atoms with E-state index in [1.54, 1.807) is 0 Å². The Balaban J connectivity index is 4.42. The van der Waals surface area contributed by atoms with E-state index in [9.17, 15) is 14.4 Å². The summed E-state index contributed by atoms with van der Waals surface area (Å²) in [5.41, 5.74) is 0. The van der Waals surface area contributed by atoms with Gasteiger partial charge in [-0.05, 0) is 135 Å². The van der Waals surface area contributed by atoms with E-state index < -0.39 is 6.10 Å². The number of rotatable bonds is 55. The third-order valence-electron chi connectivity index (χ3n) is 12.7. The van der Waals surface area contributed by atoms with Crippen LogP contribution in [0.2, 0.25) is 0 Å². The molecule has 0 rings (SSSR count). The molecule has 0 aliphatic heterocycles. The molecule has 1 atom stereocenters. The number of hydrogen-bond donors (Lipinski definition) is 0. The number of hydrogen-bond acceptors (Lipinski definition) is 6. The first-order valence-corrected chi connectivity index (χ1v) is 31.6. The van der Waals surface area contributed by atoms with E-state index in [1.807, 2.05) is 0 Å². The van der Waals surface area contributed by atoms with Gasteiger partial charge in [0.15, 0.2) is 6.10 Å². The first-order valence-electron chi connectivity index (χ1n) is 31.6. The van der Waals surface area contributed by atoms with Crippen molar-refractivity contribution in [1.82, 2.24) is 0 Å². The lowest BCUT2D eigenvalue weighted by Gasteiger charge is -2.18. The van der Waals surface area contributed by atoms with Crippen LogP contribution in [-0.4, -0.2) is 37.2 Å². The maximum absolute atomic E-state index is 12.8. The highest BCUT2D eigenvalue weighted by molar-refractivity contribution is 5.71. The number of carbonyl (C=O) groups is 3. The maximum Gasteiger partial charge on any atom is 0.306 e. The second-order valence-electron chi connectivity index (χ2n) is 20.2. The van der Waals surface area contributed by atoms with Crippen molar-refractivity contribution in [2.24, 2.45) is 0 Å². The first-order chi connectivity index (χ1) is 39.0. The summed E-state index contributed by atoms with van der Waals surface area (Å²) in [6, 6.07) is 0. The second-order valence-corrected chi connectivity index (χ2v) is 20.2. The van der Waals surface area contributed by atoms with Gasteiger partial charge < -0.3 is 14.2 Å². The fourth-order valence-electron chi connectivity index (χ4n) is 8.05. The molecule has 0 N–H and O–H groups in total. The number of carbonyl (C=O) groups excluding carboxylic acids is 3. The van der Waals surface area contributed by atoms with E-state index in [2.05, 4.69) is 191 Å². The Kier molecular flexibility index (Phi) is 61.0. The summed E-state index contributed by atoms with van der Waals surface area (Å²) in [6.45, 7) is 6.33. The minimum absolute atomic E-state index is 0.114. The van der Waals surface area contributed by atoms with Crippen molar-refractivity contribution in [3.8, 4) is 0 Å². The Hall–Kier alpha value is -5.23. The molecule has 6 heteroatoms. The van der Waals surface area contributed by atoms with Gasteiger partial charge in [0.25, 0.3) is 0 Å². The third kappa shape index (κ3) is 63.5. The van der Waals surface area contributed by atoms with Gasteiger partial charge in [0.2, 0.25) is 0 Å². The lowest BCUT2D eigenvalue weighted by molar-refractivity contribution is -0.167. The monoisotopic (exact) mass is 1090 g/mol. The van der Waals surface area contributed by atoms with Gasteiger partial charge in [0.05, 0.1) is 0 Å². The minimum Gasteiger partial charge on any atom is -0.462 e. The van der Waals surface area contributed by atoms with Crippen LogP contribution in [0.25, 0.3) is 0 Å². The summed E-state index contributed by atoms with van der Waals surface area (Å²) in [5, 5.41) is 0. The Labute approximate surface area is 485 Å². The van der Waals surface area contributed by atoms with Crippen LogP contribution in [0.1, 0.15) is 252 Å². The molecule has 0 amide bonds. The zero-order chi connectivity index (χ0) is 57.1. The summed E-state index contributed by atoms with van der Waals surface area (Å²) in [6.07, 6.45) is 96.5. The van der Waals surface area contributed by atoms with Crippen LogP contribution in [-0.2, 0) is 28.6 Å². The molecule has 0 bridgehead atoms. The molecule has 0 aromatic rings. The highest BCUT2D eigenvalue weighted by atomic mass is 16.6. The second kappa shape index (κ2) is 65.3. The predicted octanol–water partition coefficient (Wildman–Crippen LogP) is 21.9. The lowest BCUT2D eigenvalue weighted by Crippen LogP contribution is -2.30. The van der Waals surface area contributed by atoms with Crippen molar-refractivity contribution in [2.45, 2.75) is 258 Å². The molecule has 0 aliphatic rings. The van der Waals surface area contributed by atoms with Crippen LogP contribution in [0.15, 0.2) is 170 Å². The molecule has 0 fully saturated rings. The van der Waals surface area contributed by atoms with Gasteiger partial charge in [-0.2, -0.15) is 0 Å². The number of esters is 3. The summed E-state index contributed by atoms with van der Waals surface area (Å²) >= 11 is 0. The Morgan fingerprint density at radius 3 is 0.772 bits per heavy atom.